The first-order valence-corrected chi connectivity index (χ1v) is 6.78. The van der Waals surface area contributed by atoms with Crippen molar-refractivity contribution in [2.24, 2.45) is 5.92 Å². The minimum Gasteiger partial charge on any atom is -0.495 e. The fourth-order valence-electron chi connectivity index (χ4n) is 2.73. The Kier molecular flexibility index (Phi) is 3.42. The van der Waals surface area contributed by atoms with E-state index in [-0.39, 0.29) is 11.8 Å². The van der Waals surface area contributed by atoms with Crippen LogP contribution in [0.5, 0.6) is 5.75 Å². The van der Waals surface area contributed by atoms with E-state index in [0.717, 1.165) is 18.5 Å². The lowest BCUT2D eigenvalue weighted by atomic mass is 10.1. The third-order valence-corrected chi connectivity index (χ3v) is 3.79. The molecule has 1 amide bonds. The van der Waals surface area contributed by atoms with Crippen molar-refractivity contribution in [2.75, 3.05) is 12.4 Å². The SMILES string of the molecule is COc1ccccc1NC(=O)C1Cc2ccccc2C1. The highest BCUT2D eigenvalue weighted by Gasteiger charge is 2.27. The van der Waals surface area contributed by atoms with Crippen LogP contribution in [0.15, 0.2) is 48.5 Å². The fourth-order valence-corrected chi connectivity index (χ4v) is 2.73. The monoisotopic (exact) mass is 267 g/mol. The number of methoxy groups -OCH3 is 1. The number of hydrogen-bond acceptors (Lipinski definition) is 2. The van der Waals surface area contributed by atoms with Crippen LogP contribution in [0.1, 0.15) is 11.1 Å². The minimum atomic E-state index is 0.0114. The zero-order chi connectivity index (χ0) is 13.9. The van der Waals surface area contributed by atoms with E-state index in [2.05, 4.69) is 17.4 Å². The van der Waals surface area contributed by atoms with E-state index < -0.39 is 0 Å². The van der Waals surface area contributed by atoms with Gasteiger partial charge in [0.05, 0.1) is 12.8 Å². The number of anilines is 1. The first kappa shape index (κ1) is 12.7. The van der Waals surface area contributed by atoms with Crippen molar-refractivity contribution >= 4 is 11.6 Å². The molecule has 0 radical (unpaired) electrons. The molecule has 0 atom stereocenters. The van der Waals surface area contributed by atoms with Gasteiger partial charge in [-0.15, -0.1) is 0 Å². The van der Waals surface area contributed by atoms with Crippen molar-refractivity contribution in [2.45, 2.75) is 12.8 Å². The largest absolute Gasteiger partial charge is 0.495 e. The van der Waals surface area contributed by atoms with Gasteiger partial charge >= 0.3 is 0 Å². The molecule has 2 aromatic rings. The summed E-state index contributed by atoms with van der Waals surface area (Å²) in [5.74, 6) is 0.763. The van der Waals surface area contributed by atoms with Crippen LogP contribution in [0.3, 0.4) is 0 Å². The number of carbonyl (C=O) groups excluding carboxylic acids is 1. The molecule has 0 aliphatic heterocycles. The summed E-state index contributed by atoms with van der Waals surface area (Å²) in [4.78, 5) is 12.4. The Morgan fingerprint density at radius 3 is 2.30 bits per heavy atom. The molecule has 102 valence electrons. The van der Waals surface area contributed by atoms with Gasteiger partial charge in [-0.1, -0.05) is 36.4 Å². The molecule has 0 saturated heterocycles. The Labute approximate surface area is 118 Å². The predicted molar refractivity (Wildman–Crippen MR) is 79.0 cm³/mol. The molecule has 0 fully saturated rings. The van der Waals surface area contributed by atoms with Gasteiger partial charge in [-0.3, -0.25) is 4.79 Å². The molecule has 3 heteroatoms. The second-order valence-corrected chi connectivity index (χ2v) is 5.06. The van der Waals surface area contributed by atoms with Crippen molar-refractivity contribution in [3.05, 3.63) is 59.7 Å². The van der Waals surface area contributed by atoms with E-state index in [1.165, 1.54) is 11.1 Å². The first-order valence-electron chi connectivity index (χ1n) is 6.78. The molecule has 0 unspecified atom stereocenters. The number of nitrogens with one attached hydrogen (secondary N) is 1. The van der Waals surface area contributed by atoms with Gasteiger partial charge in [-0.2, -0.15) is 0 Å². The predicted octanol–water partition coefficient (Wildman–Crippen LogP) is 3.05. The third-order valence-electron chi connectivity index (χ3n) is 3.79. The lowest BCUT2D eigenvalue weighted by Crippen LogP contribution is -2.23. The second kappa shape index (κ2) is 5.37. The van der Waals surface area contributed by atoms with Gasteiger partial charge in [-0.05, 0) is 36.1 Å². The Morgan fingerprint density at radius 1 is 1.05 bits per heavy atom. The molecule has 1 aliphatic rings. The van der Waals surface area contributed by atoms with Crippen LogP contribution in [0.4, 0.5) is 5.69 Å². The van der Waals surface area contributed by atoms with Crippen molar-refractivity contribution < 1.29 is 9.53 Å². The standard InChI is InChI=1S/C17H17NO2/c1-20-16-9-5-4-8-15(16)18-17(19)14-10-12-6-2-3-7-13(12)11-14/h2-9,14H,10-11H2,1H3,(H,18,19). The minimum absolute atomic E-state index is 0.0114. The highest BCUT2D eigenvalue weighted by Crippen LogP contribution is 2.29. The number of rotatable bonds is 3. The molecular formula is C17H17NO2. The number of amides is 1. The molecule has 1 aliphatic carbocycles. The van der Waals surface area contributed by atoms with Gasteiger partial charge in [0.15, 0.2) is 0 Å². The molecule has 0 bridgehead atoms. The average molecular weight is 267 g/mol. The third kappa shape index (κ3) is 2.39. The van der Waals surface area contributed by atoms with E-state index in [1.54, 1.807) is 7.11 Å². The summed E-state index contributed by atoms with van der Waals surface area (Å²) in [5, 5.41) is 2.97. The molecule has 0 saturated carbocycles. The van der Waals surface area contributed by atoms with Gasteiger partial charge in [-0.25, -0.2) is 0 Å². The van der Waals surface area contributed by atoms with Gasteiger partial charge in [0, 0.05) is 5.92 Å². The molecular weight excluding hydrogens is 250 g/mol. The summed E-state index contributed by atoms with van der Waals surface area (Å²) in [6.07, 6.45) is 1.63. The highest BCUT2D eigenvalue weighted by molar-refractivity contribution is 5.94. The zero-order valence-electron chi connectivity index (χ0n) is 11.4. The molecule has 0 aromatic heterocycles. The Morgan fingerprint density at radius 2 is 1.65 bits per heavy atom. The van der Waals surface area contributed by atoms with E-state index in [4.69, 9.17) is 4.74 Å². The van der Waals surface area contributed by atoms with Crippen molar-refractivity contribution in [3.8, 4) is 5.75 Å². The van der Waals surface area contributed by atoms with Crippen molar-refractivity contribution in [1.29, 1.82) is 0 Å². The molecule has 0 heterocycles. The Bertz CT molecular complexity index is 611. The topological polar surface area (TPSA) is 38.3 Å². The zero-order valence-corrected chi connectivity index (χ0v) is 11.4. The summed E-state index contributed by atoms with van der Waals surface area (Å²) in [7, 11) is 1.61. The maximum absolute atomic E-state index is 12.4. The highest BCUT2D eigenvalue weighted by atomic mass is 16.5. The van der Waals surface area contributed by atoms with E-state index in [1.807, 2.05) is 36.4 Å². The number of carbonyl (C=O) groups is 1. The Hall–Kier alpha value is -2.29. The normalized spacial score (nSPS) is 13.8. The summed E-state index contributed by atoms with van der Waals surface area (Å²) in [6.45, 7) is 0. The van der Waals surface area contributed by atoms with Gasteiger partial charge in [0.2, 0.25) is 5.91 Å². The quantitative estimate of drug-likeness (QED) is 0.928. The van der Waals surface area contributed by atoms with Gasteiger partial charge in [0.1, 0.15) is 5.75 Å². The van der Waals surface area contributed by atoms with Crippen LogP contribution in [0.2, 0.25) is 0 Å². The summed E-state index contributed by atoms with van der Waals surface area (Å²) < 4.78 is 5.26. The first-order chi connectivity index (χ1) is 9.78. The second-order valence-electron chi connectivity index (χ2n) is 5.06. The van der Waals surface area contributed by atoms with Crippen LogP contribution < -0.4 is 10.1 Å². The van der Waals surface area contributed by atoms with Gasteiger partial charge < -0.3 is 10.1 Å². The molecule has 3 rings (SSSR count). The van der Waals surface area contributed by atoms with Crippen LogP contribution in [0, 0.1) is 5.92 Å². The Balaban J connectivity index is 1.72. The maximum atomic E-state index is 12.4. The van der Waals surface area contributed by atoms with Crippen LogP contribution >= 0.6 is 0 Å². The number of para-hydroxylation sites is 2. The van der Waals surface area contributed by atoms with E-state index in [9.17, 15) is 4.79 Å². The molecule has 0 spiro atoms. The summed E-state index contributed by atoms with van der Waals surface area (Å²) in [5.41, 5.74) is 3.30. The lowest BCUT2D eigenvalue weighted by Gasteiger charge is -2.13. The number of benzene rings is 2. The molecule has 2 aromatic carbocycles. The van der Waals surface area contributed by atoms with Crippen molar-refractivity contribution in [3.63, 3.8) is 0 Å². The molecule has 20 heavy (non-hydrogen) atoms. The smallest absolute Gasteiger partial charge is 0.228 e. The van der Waals surface area contributed by atoms with Gasteiger partial charge in [0.25, 0.3) is 0 Å². The van der Waals surface area contributed by atoms with Crippen LogP contribution in [-0.2, 0) is 17.6 Å². The maximum Gasteiger partial charge on any atom is 0.228 e. The lowest BCUT2D eigenvalue weighted by molar-refractivity contribution is -0.119. The number of hydrogen-bond donors (Lipinski definition) is 1. The summed E-state index contributed by atoms with van der Waals surface area (Å²) >= 11 is 0. The fraction of sp³-hybridized carbons (Fsp3) is 0.235. The molecule has 1 N–H and O–H groups in total. The van der Waals surface area contributed by atoms with Crippen LogP contribution in [0.25, 0.3) is 0 Å². The molecule has 3 nitrogen and oxygen atoms in total. The number of fused-ring (bicyclic) bond motifs is 1. The van der Waals surface area contributed by atoms with E-state index >= 15 is 0 Å². The van der Waals surface area contributed by atoms with E-state index in [0.29, 0.717) is 5.75 Å². The average Bonchev–Trinajstić information content (AvgIpc) is 2.92. The van der Waals surface area contributed by atoms with Crippen molar-refractivity contribution in [1.82, 2.24) is 0 Å². The number of ether oxygens (including phenoxy) is 1. The van der Waals surface area contributed by atoms with Crippen LogP contribution in [-0.4, -0.2) is 13.0 Å². The summed E-state index contributed by atoms with van der Waals surface area (Å²) in [6, 6.07) is 15.7.